The lowest BCUT2D eigenvalue weighted by Gasteiger charge is -2.09. The van der Waals surface area contributed by atoms with Crippen molar-refractivity contribution in [1.82, 2.24) is 0 Å². The van der Waals surface area contributed by atoms with Gasteiger partial charge in [-0.15, -0.1) is 0 Å². The summed E-state index contributed by atoms with van der Waals surface area (Å²) < 4.78 is 0. The molecule has 2 rings (SSSR count). The van der Waals surface area contributed by atoms with Crippen molar-refractivity contribution in [3.63, 3.8) is 0 Å². The fourth-order valence-corrected chi connectivity index (χ4v) is 1.99. The number of benzene rings is 2. The zero-order chi connectivity index (χ0) is 12.3. The minimum absolute atomic E-state index is 0.603. The molecule has 0 aliphatic carbocycles. The van der Waals surface area contributed by atoms with Gasteiger partial charge in [0.05, 0.1) is 5.71 Å². The summed E-state index contributed by atoms with van der Waals surface area (Å²) in [5, 5.41) is 8.24. The van der Waals surface area contributed by atoms with E-state index in [4.69, 9.17) is 5.41 Å². The number of rotatable bonds is 3. The molecule has 0 aliphatic heterocycles. The summed E-state index contributed by atoms with van der Waals surface area (Å²) in [5.74, 6) is 0. The molecule has 1 heteroatoms. The van der Waals surface area contributed by atoms with Gasteiger partial charge in [0.2, 0.25) is 0 Å². The molecular formula is C16H17N. The summed E-state index contributed by atoms with van der Waals surface area (Å²) in [6, 6.07) is 16.2. The second-order valence-electron chi connectivity index (χ2n) is 4.24. The average molecular weight is 223 g/mol. The molecule has 0 radical (unpaired) electrons. The van der Waals surface area contributed by atoms with E-state index in [-0.39, 0.29) is 0 Å². The van der Waals surface area contributed by atoms with Crippen molar-refractivity contribution in [3.8, 4) is 0 Å². The lowest BCUT2D eigenvalue weighted by molar-refractivity contribution is 1.13. The Kier molecular flexibility index (Phi) is 3.38. The Bertz CT molecular complexity index is 526. The molecule has 0 amide bonds. The summed E-state index contributed by atoms with van der Waals surface area (Å²) in [6.45, 7) is 4.23. The Balaban J connectivity index is 2.38. The normalized spacial score (nSPS) is 10.2. The molecule has 0 fully saturated rings. The Morgan fingerprint density at radius 1 is 1.06 bits per heavy atom. The molecule has 1 nitrogen and oxygen atoms in total. The Labute approximate surface area is 103 Å². The third kappa shape index (κ3) is 2.44. The molecule has 0 saturated carbocycles. The van der Waals surface area contributed by atoms with E-state index in [1.165, 1.54) is 11.1 Å². The molecule has 0 bridgehead atoms. The minimum atomic E-state index is 0.603. The molecule has 86 valence electrons. The second kappa shape index (κ2) is 4.96. The Morgan fingerprint density at radius 2 is 1.76 bits per heavy atom. The van der Waals surface area contributed by atoms with Crippen LogP contribution in [0, 0.1) is 12.3 Å². The maximum atomic E-state index is 8.24. The molecule has 0 unspecified atom stereocenters. The van der Waals surface area contributed by atoms with Crippen molar-refractivity contribution in [3.05, 3.63) is 70.8 Å². The molecule has 0 aromatic heterocycles. The molecular weight excluding hydrogens is 206 g/mol. The maximum absolute atomic E-state index is 8.24. The van der Waals surface area contributed by atoms with Crippen molar-refractivity contribution in [2.75, 3.05) is 0 Å². The van der Waals surface area contributed by atoms with Crippen molar-refractivity contribution >= 4 is 5.71 Å². The van der Waals surface area contributed by atoms with Gasteiger partial charge in [-0.1, -0.05) is 55.5 Å². The van der Waals surface area contributed by atoms with Gasteiger partial charge in [-0.25, -0.2) is 0 Å². The van der Waals surface area contributed by atoms with E-state index in [9.17, 15) is 0 Å². The quantitative estimate of drug-likeness (QED) is 0.761. The fourth-order valence-electron chi connectivity index (χ4n) is 1.99. The second-order valence-corrected chi connectivity index (χ2v) is 4.24. The highest BCUT2D eigenvalue weighted by Crippen LogP contribution is 2.16. The third-order valence-corrected chi connectivity index (χ3v) is 3.03. The topological polar surface area (TPSA) is 23.9 Å². The van der Waals surface area contributed by atoms with Gasteiger partial charge in [0, 0.05) is 11.1 Å². The van der Waals surface area contributed by atoms with Crippen LogP contribution in [-0.4, -0.2) is 5.71 Å². The minimum Gasteiger partial charge on any atom is -0.300 e. The van der Waals surface area contributed by atoms with Crippen LogP contribution in [-0.2, 0) is 6.42 Å². The van der Waals surface area contributed by atoms with Crippen molar-refractivity contribution in [2.45, 2.75) is 20.3 Å². The predicted molar refractivity (Wildman–Crippen MR) is 72.9 cm³/mol. The van der Waals surface area contributed by atoms with E-state index in [1.807, 2.05) is 30.3 Å². The molecule has 2 aromatic carbocycles. The number of nitrogens with one attached hydrogen (secondary N) is 1. The van der Waals surface area contributed by atoms with E-state index in [0.717, 1.165) is 17.5 Å². The zero-order valence-corrected chi connectivity index (χ0v) is 10.3. The summed E-state index contributed by atoms with van der Waals surface area (Å²) >= 11 is 0. The smallest absolute Gasteiger partial charge is 0.0687 e. The van der Waals surface area contributed by atoms with E-state index in [0.29, 0.717) is 5.71 Å². The SMILES string of the molecule is CCc1ccc(C(=N)c2ccccc2)c(C)c1. The van der Waals surface area contributed by atoms with Crippen LogP contribution in [0.1, 0.15) is 29.2 Å². The van der Waals surface area contributed by atoms with Crippen LogP contribution in [0.3, 0.4) is 0 Å². The largest absolute Gasteiger partial charge is 0.300 e. The van der Waals surface area contributed by atoms with Gasteiger partial charge < -0.3 is 0 Å². The summed E-state index contributed by atoms with van der Waals surface area (Å²) in [5.41, 5.74) is 5.10. The van der Waals surface area contributed by atoms with Crippen molar-refractivity contribution in [1.29, 1.82) is 5.41 Å². The lowest BCUT2D eigenvalue weighted by atomic mass is 9.96. The first-order chi connectivity index (χ1) is 8.22. The first-order valence-corrected chi connectivity index (χ1v) is 5.96. The van der Waals surface area contributed by atoms with Gasteiger partial charge in [-0.3, -0.25) is 5.41 Å². The van der Waals surface area contributed by atoms with Crippen molar-refractivity contribution in [2.24, 2.45) is 0 Å². The molecule has 1 N–H and O–H groups in total. The molecule has 2 aromatic rings. The van der Waals surface area contributed by atoms with Gasteiger partial charge in [0.1, 0.15) is 0 Å². The van der Waals surface area contributed by atoms with Crippen LogP contribution in [0.2, 0.25) is 0 Å². The summed E-state index contributed by atoms with van der Waals surface area (Å²) in [6.07, 6.45) is 1.04. The first kappa shape index (κ1) is 11.6. The van der Waals surface area contributed by atoms with E-state index in [1.54, 1.807) is 0 Å². The van der Waals surface area contributed by atoms with Gasteiger partial charge in [-0.2, -0.15) is 0 Å². The van der Waals surface area contributed by atoms with Crippen LogP contribution in [0.4, 0.5) is 0 Å². The summed E-state index contributed by atoms with van der Waals surface area (Å²) in [7, 11) is 0. The van der Waals surface area contributed by atoms with E-state index in [2.05, 4.69) is 32.0 Å². The molecule has 17 heavy (non-hydrogen) atoms. The lowest BCUT2D eigenvalue weighted by Crippen LogP contribution is -2.03. The van der Waals surface area contributed by atoms with Gasteiger partial charge in [-0.05, 0) is 24.5 Å². The van der Waals surface area contributed by atoms with E-state index < -0.39 is 0 Å². The van der Waals surface area contributed by atoms with Crippen LogP contribution in [0.5, 0.6) is 0 Å². The third-order valence-electron chi connectivity index (χ3n) is 3.03. The van der Waals surface area contributed by atoms with Gasteiger partial charge >= 0.3 is 0 Å². The monoisotopic (exact) mass is 223 g/mol. The Hall–Kier alpha value is -1.89. The highest BCUT2D eigenvalue weighted by Gasteiger charge is 2.07. The molecule has 0 spiro atoms. The molecule has 0 atom stereocenters. The van der Waals surface area contributed by atoms with Crippen LogP contribution in [0.25, 0.3) is 0 Å². The van der Waals surface area contributed by atoms with Crippen LogP contribution >= 0.6 is 0 Å². The molecule has 0 heterocycles. The number of hydrogen-bond acceptors (Lipinski definition) is 1. The number of aryl methyl sites for hydroxylation is 2. The predicted octanol–water partition coefficient (Wildman–Crippen LogP) is 3.97. The average Bonchev–Trinajstić information content (AvgIpc) is 2.39. The van der Waals surface area contributed by atoms with Crippen LogP contribution in [0.15, 0.2) is 48.5 Å². The van der Waals surface area contributed by atoms with Gasteiger partial charge in [0.25, 0.3) is 0 Å². The molecule has 0 aliphatic rings. The maximum Gasteiger partial charge on any atom is 0.0687 e. The highest BCUT2D eigenvalue weighted by molar-refractivity contribution is 6.11. The van der Waals surface area contributed by atoms with E-state index >= 15 is 0 Å². The zero-order valence-electron chi connectivity index (χ0n) is 10.3. The fraction of sp³-hybridized carbons (Fsp3) is 0.188. The van der Waals surface area contributed by atoms with Crippen molar-refractivity contribution < 1.29 is 0 Å². The standard InChI is InChI=1S/C16H17N/c1-3-13-9-10-15(12(2)11-13)16(17)14-7-5-4-6-8-14/h4-11,17H,3H2,1-2H3. The van der Waals surface area contributed by atoms with Gasteiger partial charge in [0.15, 0.2) is 0 Å². The molecule has 0 saturated heterocycles. The Morgan fingerprint density at radius 3 is 2.35 bits per heavy atom. The highest BCUT2D eigenvalue weighted by atomic mass is 14.4. The van der Waals surface area contributed by atoms with Crippen LogP contribution < -0.4 is 0 Å². The number of hydrogen-bond donors (Lipinski definition) is 1. The summed E-state index contributed by atoms with van der Waals surface area (Å²) in [4.78, 5) is 0. The first-order valence-electron chi connectivity index (χ1n) is 5.96.